The number of ether oxygens (including phenoxy) is 1. The fourth-order valence-electron chi connectivity index (χ4n) is 7.80. The highest BCUT2D eigenvalue weighted by Gasteiger charge is 2.18. The first-order valence-corrected chi connectivity index (χ1v) is 26.3. The van der Waals surface area contributed by atoms with Gasteiger partial charge in [-0.15, -0.1) is 0 Å². The molecule has 6 nitrogen and oxygen atoms in total. The Morgan fingerprint density at radius 2 is 0.783 bits per heavy atom. The van der Waals surface area contributed by atoms with Crippen molar-refractivity contribution >= 4 is 11.9 Å². The molecule has 0 aromatic rings. The summed E-state index contributed by atoms with van der Waals surface area (Å²) in [6, 6.07) is -0.636. The summed E-state index contributed by atoms with van der Waals surface area (Å²) in [6.07, 6.45) is 60.0. The van der Waals surface area contributed by atoms with E-state index in [0.717, 1.165) is 57.8 Å². The summed E-state index contributed by atoms with van der Waals surface area (Å²) < 4.78 is 5.45. The van der Waals surface area contributed by atoms with E-state index in [1.54, 1.807) is 6.08 Å². The average molecular weight is 844 g/mol. The Labute approximate surface area is 373 Å². The highest BCUT2D eigenvalue weighted by molar-refractivity contribution is 5.76. The van der Waals surface area contributed by atoms with Gasteiger partial charge < -0.3 is 20.3 Å². The van der Waals surface area contributed by atoms with Crippen molar-refractivity contribution in [2.24, 2.45) is 0 Å². The smallest absolute Gasteiger partial charge is 0.305 e. The fraction of sp³-hybridized carbons (Fsp3) is 0.852. The molecule has 0 rings (SSSR count). The van der Waals surface area contributed by atoms with Gasteiger partial charge in [-0.05, 0) is 83.5 Å². The van der Waals surface area contributed by atoms with Gasteiger partial charge in [-0.1, -0.05) is 211 Å². The fourth-order valence-corrected chi connectivity index (χ4v) is 7.80. The van der Waals surface area contributed by atoms with Gasteiger partial charge >= 0.3 is 5.97 Å². The van der Waals surface area contributed by atoms with Crippen LogP contribution in [0.2, 0.25) is 0 Å². The van der Waals surface area contributed by atoms with Crippen molar-refractivity contribution in [3.05, 3.63) is 36.5 Å². The molecule has 0 aliphatic rings. The molecule has 3 N–H and O–H groups in total. The molecule has 0 saturated carbocycles. The summed E-state index contributed by atoms with van der Waals surface area (Å²) in [5.74, 6) is -0.0940. The molecular formula is C54H101NO5. The van der Waals surface area contributed by atoms with Gasteiger partial charge in [0.05, 0.1) is 25.4 Å². The van der Waals surface area contributed by atoms with Crippen molar-refractivity contribution in [3.8, 4) is 0 Å². The lowest BCUT2D eigenvalue weighted by Gasteiger charge is -2.20. The summed E-state index contributed by atoms with van der Waals surface area (Å²) in [4.78, 5) is 24.4. The van der Waals surface area contributed by atoms with Crippen molar-refractivity contribution < 1.29 is 24.5 Å². The molecule has 0 bridgehead atoms. The molecular weight excluding hydrogens is 743 g/mol. The van der Waals surface area contributed by atoms with E-state index in [9.17, 15) is 19.8 Å². The first-order valence-electron chi connectivity index (χ1n) is 26.3. The van der Waals surface area contributed by atoms with Gasteiger partial charge in [-0.2, -0.15) is 0 Å². The van der Waals surface area contributed by atoms with Gasteiger partial charge in [0.25, 0.3) is 0 Å². The molecule has 2 unspecified atom stereocenters. The highest BCUT2D eigenvalue weighted by atomic mass is 16.5. The van der Waals surface area contributed by atoms with Gasteiger partial charge in [0.15, 0.2) is 0 Å². The van der Waals surface area contributed by atoms with Crippen LogP contribution in [0.5, 0.6) is 0 Å². The van der Waals surface area contributed by atoms with Crippen LogP contribution < -0.4 is 5.32 Å². The number of unbranched alkanes of at least 4 members (excludes halogenated alkanes) is 33. The second-order valence-corrected chi connectivity index (χ2v) is 17.8. The van der Waals surface area contributed by atoms with Crippen LogP contribution in [0.1, 0.15) is 271 Å². The minimum absolute atomic E-state index is 0.0127. The second-order valence-electron chi connectivity index (χ2n) is 17.8. The summed E-state index contributed by atoms with van der Waals surface area (Å²) in [7, 11) is 0. The second kappa shape index (κ2) is 49.7. The van der Waals surface area contributed by atoms with Crippen molar-refractivity contribution in [1.29, 1.82) is 0 Å². The molecule has 0 aliphatic heterocycles. The summed E-state index contributed by atoms with van der Waals surface area (Å²) in [5.41, 5.74) is 0. The molecule has 0 aromatic heterocycles. The van der Waals surface area contributed by atoms with Crippen LogP contribution >= 0.6 is 0 Å². The van der Waals surface area contributed by atoms with Gasteiger partial charge in [0.1, 0.15) is 0 Å². The van der Waals surface area contributed by atoms with Crippen LogP contribution in [-0.2, 0) is 14.3 Å². The number of carbonyl (C=O) groups excluding carboxylic acids is 2. The molecule has 0 aliphatic carbocycles. The number of allylic oxidation sites excluding steroid dienone is 5. The average Bonchev–Trinajstić information content (AvgIpc) is 3.25. The quantitative estimate of drug-likeness (QED) is 0.0322. The van der Waals surface area contributed by atoms with Crippen LogP contribution in [0.3, 0.4) is 0 Å². The predicted molar refractivity (Wildman–Crippen MR) is 259 cm³/mol. The molecule has 0 spiro atoms. The Balaban J connectivity index is 3.50. The lowest BCUT2D eigenvalue weighted by atomic mass is 10.0. The lowest BCUT2D eigenvalue weighted by molar-refractivity contribution is -0.143. The van der Waals surface area contributed by atoms with Crippen LogP contribution in [0, 0.1) is 0 Å². The maximum atomic E-state index is 12.4. The number of hydrogen-bond donors (Lipinski definition) is 3. The van der Waals surface area contributed by atoms with Gasteiger partial charge in [-0.25, -0.2) is 0 Å². The van der Waals surface area contributed by atoms with E-state index in [2.05, 4.69) is 43.5 Å². The van der Waals surface area contributed by atoms with Crippen molar-refractivity contribution in [2.75, 3.05) is 13.2 Å². The predicted octanol–water partition coefficient (Wildman–Crippen LogP) is 15.7. The van der Waals surface area contributed by atoms with Crippen LogP contribution in [0.15, 0.2) is 36.5 Å². The number of hydrogen-bond acceptors (Lipinski definition) is 5. The van der Waals surface area contributed by atoms with Crippen molar-refractivity contribution in [2.45, 2.75) is 283 Å². The number of amides is 1. The topological polar surface area (TPSA) is 95.9 Å². The number of esters is 1. The van der Waals surface area contributed by atoms with Crippen LogP contribution in [0.4, 0.5) is 0 Å². The molecule has 0 fully saturated rings. The van der Waals surface area contributed by atoms with Gasteiger partial charge in [0, 0.05) is 12.8 Å². The maximum absolute atomic E-state index is 12.4. The molecule has 60 heavy (non-hydrogen) atoms. The molecule has 6 heteroatoms. The first kappa shape index (κ1) is 58.1. The Kier molecular flexibility index (Phi) is 48.1. The monoisotopic (exact) mass is 844 g/mol. The lowest BCUT2D eigenvalue weighted by Crippen LogP contribution is -2.45. The molecule has 352 valence electrons. The Morgan fingerprint density at radius 1 is 0.450 bits per heavy atom. The minimum atomic E-state index is -0.851. The zero-order chi connectivity index (χ0) is 43.7. The normalized spacial score (nSPS) is 12.9. The van der Waals surface area contributed by atoms with Crippen LogP contribution in [-0.4, -0.2) is 47.4 Å². The minimum Gasteiger partial charge on any atom is -0.466 e. The van der Waals surface area contributed by atoms with Crippen LogP contribution in [0.25, 0.3) is 0 Å². The van der Waals surface area contributed by atoms with Gasteiger partial charge in [0.2, 0.25) is 5.91 Å². The largest absolute Gasteiger partial charge is 0.466 e. The first-order chi connectivity index (χ1) is 29.5. The van der Waals surface area contributed by atoms with E-state index < -0.39 is 12.1 Å². The van der Waals surface area contributed by atoms with E-state index in [1.807, 2.05) is 6.08 Å². The molecule has 1 amide bonds. The molecule has 0 heterocycles. The Morgan fingerprint density at radius 3 is 1.20 bits per heavy atom. The number of carbonyl (C=O) groups is 2. The molecule has 2 atom stereocenters. The Bertz CT molecular complexity index is 977. The third kappa shape index (κ3) is 45.6. The van der Waals surface area contributed by atoms with E-state index >= 15 is 0 Å². The number of aliphatic hydroxyl groups excluding tert-OH is 2. The number of nitrogens with one attached hydrogen (secondary N) is 1. The highest BCUT2D eigenvalue weighted by Crippen LogP contribution is 2.15. The van der Waals surface area contributed by atoms with Gasteiger partial charge in [-0.3, -0.25) is 9.59 Å². The number of rotatable bonds is 48. The zero-order valence-electron chi connectivity index (χ0n) is 39.9. The molecule has 0 aromatic carbocycles. The molecule has 0 saturated heterocycles. The number of aliphatic hydroxyl groups is 2. The third-order valence-electron chi connectivity index (χ3n) is 11.9. The van der Waals surface area contributed by atoms with E-state index in [4.69, 9.17) is 4.74 Å². The summed E-state index contributed by atoms with van der Waals surface area (Å²) in [6.45, 7) is 4.85. The summed E-state index contributed by atoms with van der Waals surface area (Å²) in [5, 5.41) is 23.0. The maximum Gasteiger partial charge on any atom is 0.305 e. The van der Waals surface area contributed by atoms with Crippen molar-refractivity contribution in [3.63, 3.8) is 0 Å². The van der Waals surface area contributed by atoms with E-state index in [1.165, 1.54) is 186 Å². The third-order valence-corrected chi connectivity index (χ3v) is 11.9. The molecule has 0 radical (unpaired) electrons. The van der Waals surface area contributed by atoms with Crippen molar-refractivity contribution in [1.82, 2.24) is 5.32 Å². The van der Waals surface area contributed by atoms with E-state index in [0.29, 0.717) is 19.4 Å². The zero-order valence-corrected chi connectivity index (χ0v) is 39.9. The SMILES string of the molecule is CCCCCC/C=C\CCCCCCCC(=O)OCCCCCCCC/C=C\CCCCCCCCCC(=O)NC(CO)C(O)/C=C/CCCCCCCCCCCCC. The Hall–Kier alpha value is -1.92. The van der Waals surface area contributed by atoms with E-state index in [-0.39, 0.29) is 18.5 Å². The standard InChI is InChI=1S/C54H101NO5/c1-3-5-7-9-11-13-15-22-26-30-34-38-42-46-52(57)51(50-56)55-53(58)47-43-39-35-31-27-24-20-18-17-19-21-25-29-33-37-41-45-49-60-54(59)48-44-40-36-32-28-23-16-14-12-10-8-6-4-2/h14,16-17,19,42,46,51-52,56-57H,3-13,15,18,20-41,43-45,47-50H2,1-2H3,(H,55,58)/b16-14-,19-17-,46-42+. The summed E-state index contributed by atoms with van der Waals surface area (Å²) >= 11 is 0.